The minimum atomic E-state index is -3.55. The molecule has 5 rings (SSSR count). The minimum absolute atomic E-state index is 0.219. The molecule has 0 bridgehead atoms. The van der Waals surface area contributed by atoms with E-state index in [9.17, 15) is 13.2 Å². The molecule has 0 saturated heterocycles. The van der Waals surface area contributed by atoms with Gasteiger partial charge in [-0.25, -0.2) is 8.42 Å². The van der Waals surface area contributed by atoms with Gasteiger partial charge in [-0.1, -0.05) is 65.9 Å². The quantitative estimate of drug-likeness (QED) is 0.471. The summed E-state index contributed by atoms with van der Waals surface area (Å²) in [5, 5.41) is 11.3. The van der Waals surface area contributed by atoms with Gasteiger partial charge in [0.2, 0.25) is 11.0 Å². The van der Waals surface area contributed by atoms with Crippen LogP contribution in [0.5, 0.6) is 11.5 Å². The van der Waals surface area contributed by atoms with Crippen LogP contribution < -0.4 is 10.1 Å². The summed E-state index contributed by atoms with van der Waals surface area (Å²) in [7, 11) is -3.55. The average molecular weight is 464 g/mol. The molecule has 0 saturated carbocycles. The number of nitrogens with zero attached hydrogens (tertiary/aromatic N) is 2. The Morgan fingerprint density at radius 1 is 0.875 bits per heavy atom. The van der Waals surface area contributed by atoms with Gasteiger partial charge in [-0.2, -0.15) is 0 Å². The number of benzene rings is 3. The maximum absolute atomic E-state index is 13.3. The Labute approximate surface area is 188 Å². The molecule has 4 aromatic rings. The molecule has 0 radical (unpaired) electrons. The van der Waals surface area contributed by atoms with Crippen molar-refractivity contribution in [2.75, 3.05) is 5.32 Å². The second-order valence-electron chi connectivity index (χ2n) is 7.17. The Morgan fingerprint density at radius 2 is 1.47 bits per heavy atom. The average Bonchev–Trinajstić information content (AvgIpc) is 3.23. The number of fused-ring (bicyclic) bond motifs is 2. The van der Waals surface area contributed by atoms with Crippen LogP contribution in [0.2, 0.25) is 0 Å². The van der Waals surface area contributed by atoms with Gasteiger partial charge in [0.15, 0.2) is 9.84 Å². The molecule has 1 amide bonds. The summed E-state index contributed by atoms with van der Waals surface area (Å²) in [6.45, 7) is 0. The third-order valence-electron chi connectivity index (χ3n) is 5.05. The highest BCUT2D eigenvalue weighted by Gasteiger charge is 2.33. The lowest BCUT2D eigenvalue weighted by molar-refractivity contribution is -0.116. The Bertz CT molecular complexity index is 1360. The lowest BCUT2D eigenvalue weighted by Gasteiger charge is -2.27. The van der Waals surface area contributed by atoms with Crippen molar-refractivity contribution in [1.29, 1.82) is 0 Å². The van der Waals surface area contributed by atoms with E-state index in [0.717, 1.165) is 22.5 Å². The number of anilines is 1. The molecular weight excluding hydrogens is 446 g/mol. The SMILES string of the molecule is O=C(Nc1nnc(CS(=O)(=O)c2ccccc2)s1)C1c2ccccc2Oc2ccccc21. The first kappa shape index (κ1) is 20.3. The summed E-state index contributed by atoms with van der Waals surface area (Å²) in [6, 6.07) is 22.9. The van der Waals surface area contributed by atoms with Crippen molar-refractivity contribution in [3.63, 3.8) is 0 Å². The molecule has 2 heterocycles. The molecule has 7 nitrogen and oxygen atoms in total. The van der Waals surface area contributed by atoms with Crippen LogP contribution in [0.25, 0.3) is 0 Å². The van der Waals surface area contributed by atoms with Gasteiger partial charge >= 0.3 is 0 Å². The molecule has 0 atom stereocenters. The van der Waals surface area contributed by atoms with Crippen LogP contribution in [0.15, 0.2) is 83.8 Å². The molecular formula is C23H17N3O4S2. The predicted octanol–water partition coefficient (Wildman–Crippen LogP) is 4.39. The van der Waals surface area contributed by atoms with Gasteiger partial charge in [0.05, 0.1) is 10.8 Å². The molecule has 32 heavy (non-hydrogen) atoms. The topological polar surface area (TPSA) is 98.3 Å². The predicted molar refractivity (Wildman–Crippen MR) is 121 cm³/mol. The summed E-state index contributed by atoms with van der Waals surface area (Å²) in [4.78, 5) is 13.5. The second kappa shape index (κ2) is 8.18. The van der Waals surface area contributed by atoms with Crippen LogP contribution in [0, 0.1) is 0 Å². The van der Waals surface area contributed by atoms with Crippen molar-refractivity contribution >= 4 is 32.2 Å². The van der Waals surface area contributed by atoms with E-state index in [1.165, 1.54) is 0 Å². The molecule has 3 aromatic carbocycles. The monoisotopic (exact) mass is 463 g/mol. The minimum Gasteiger partial charge on any atom is -0.457 e. The highest BCUT2D eigenvalue weighted by atomic mass is 32.2. The fourth-order valence-corrected chi connectivity index (χ4v) is 5.97. The van der Waals surface area contributed by atoms with Gasteiger partial charge in [-0.05, 0) is 24.3 Å². The van der Waals surface area contributed by atoms with Gasteiger partial charge in [-0.3, -0.25) is 10.1 Å². The molecule has 1 N–H and O–H groups in total. The maximum atomic E-state index is 13.3. The van der Waals surface area contributed by atoms with Crippen molar-refractivity contribution in [2.24, 2.45) is 0 Å². The number of ether oxygens (including phenoxy) is 1. The molecule has 0 aliphatic carbocycles. The zero-order valence-electron chi connectivity index (χ0n) is 16.6. The van der Waals surface area contributed by atoms with Crippen molar-refractivity contribution in [1.82, 2.24) is 10.2 Å². The van der Waals surface area contributed by atoms with E-state index in [1.807, 2.05) is 48.5 Å². The lowest BCUT2D eigenvalue weighted by atomic mass is 9.87. The summed E-state index contributed by atoms with van der Waals surface area (Å²) < 4.78 is 31.1. The molecule has 1 aliphatic heterocycles. The zero-order chi connectivity index (χ0) is 22.1. The summed E-state index contributed by atoms with van der Waals surface area (Å²) in [5.74, 6) is 0.0860. The van der Waals surface area contributed by atoms with E-state index in [1.54, 1.807) is 30.3 Å². The van der Waals surface area contributed by atoms with Crippen molar-refractivity contribution < 1.29 is 17.9 Å². The summed E-state index contributed by atoms with van der Waals surface area (Å²) in [6.07, 6.45) is 0. The molecule has 0 fully saturated rings. The number of aromatic nitrogens is 2. The van der Waals surface area contributed by atoms with E-state index in [0.29, 0.717) is 16.5 Å². The number of sulfone groups is 1. The van der Waals surface area contributed by atoms with E-state index >= 15 is 0 Å². The van der Waals surface area contributed by atoms with Gasteiger partial charge in [0.25, 0.3) is 0 Å². The van der Waals surface area contributed by atoms with Crippen LogP contribution in [0.1, 0.15) is 22.1 Å². The van der Waals surface area contributed by atoms with Gasteiger partial charge in [0.1, 0.15) is 22.3 Å². The first-order valence-corrected chi connectivity index (χ1v) is 12.2. The smallest absolute Gasteiger partial charge is 0.238 e. The Kier molecular flexibility index (Phi) is 5.20. The first-order valence-electron chi connectivity index (χ1n) is 9.78. The molecule has 1 aromatic heterocycles. The third-order valence-corrected chi connectivity index (χ3v) is 7.72. The van der Waals surface area contributed by atoms with E-state index in [-0.39, 0.29) is 21.7 Å². The van der Waals surface area contributed by atoms with Crippen LogP contribution >= 0.6 is 11.3 Å². The van der Waals surface area contributed by atoms with Gasteiger partial charge < -0.3 is 4.74 Å². The summed E-state index contributed by atoms with van der Waals surface area (Å²) >= 11 is 1.04. The molecule has 1 aliphatic rings. The number of carbonyl (C=O) groups is 1. The van der Waals surface area contributed by atoms with Crippen molar-refractivity contribution in [3.8, 4) is 11.5 Å². The van der Waals surface area contributed by atoms with Crippen LogP contribution in [-0.4, -0.2) is 24.5 Å². The van der Waals surface area contributed by atoms with Crippen LogP contribution in [0.4, 0.5) is 5.13 Å². The van der Waals surface area contributed by atoms with Crippen molar-refractivity contribution in [2.45, 2.75) is 16.6 Å². The van der Waals surface area contributed by atoms with Gasteiger partial charge in [-0.15, -0.1) is 10.2 Å². The zero-order valence-corrected chi connectivity index (χ0v) is 18.3. The lowest BCUT2D eigenvalue weighted by Crippen LogP contribution is -2.25. The molecule has 0 spiro atoms. The van der Waals surface area contributed by atoms with Crippen molar-refractivity contribution in [3.05, 3.63) is 95.0 Å². The fraction of sp³-hybridized carbons (Fsp3) is 0.0870. The molecule has 160 valence electrons. The highest BCUT2D eigenvalue weighted by molar-refractivity contribution is 7.90. The number of carbonyl (C=O) groups excluding carboxylic acids is 1. The molecule has 9 heteroatoms. The second-order valence-corrected chi connectivity index (χ2v) is 10.2. The first-order chi connectivity index (χ1) is 15.5. The fourth-order valence-electron chi connectivity index (χ4n) is 3.61. The van der Waals surface area contributed by atoms with Crippen LogP contribution in [-0.2, 0) is 20.4 Å². The van der Waals surface area contributed by atoms with Crippen LogP contribution in [0.3, 0.4) is 0 Å². The Hall–Kier alpha value is -3.56. The largest absolute Gasteiger partial charge is 0.457 e. The van der Waals surface area contributed by atoms with Gasteiger partial charge in [0, 0.05) is 11.1 Å². The Balaban J connectivity index is 1.39. The number of hydrogen-bond donors (Lipinski definition) is 1. The molecule has 0 unspecified atom stereocenters. The number of amides is 1. The van der Waals surface area contributed by atoms with E-state index < -0.39 is 15.8 Å². The van der Waals surface area contributed by atoms with E-state index in [2.05, 4.69) is 15.5 Å². The standard InChI is InChI=1S/C23H17N3O4S2/c27-22(21-16-10-4-6-12-18(16)30-19-13-7-5-11-17(19)21)24-23-26-25-20(31-23)14-32(28,29)15-8-2-1-3-9-15/h1-13,21H,14H2,(H,24,26,27). The number of hydrogen-bond acceptors (Lipinski definition) is 7. The number of para-hydroxylation sites is 2. The third kappa shape index (κ3) is 3.88. The normalized spacial score (nSPS) is 13.0. The Morgan fingerprint density at radius 3 is 2.12 bits per heavy atom. The number of nitrogens with one attached hydrogen (secondary N) is 1. The van der Waals surface area contributed by atoms with E-state index in [4.69, 9.17) is 4.74 Å². The number of rotatable bonds is 5. The highest BCUT2D eigenvalue weighted by Crippen LogP contribution is 2.44. The summed E-state index contributed by atoms with van der Waals surface area (Å²) in [5.41, 5.74) is 1.50. The maximum Gasteiger partial charge on any atom is 0.238 e.